The number of nitrogens with zero attached hydrogens (tertiary/aromatic N) is 3. The van der Waals surface area contributed by atoms with E-state index in [4.69, 9.17) is 0 Å². The smallest absolute Gasteiger partial charge is 0.0641 e. The Morgan fingerprint density at radius 3 is 1.32 bits per heavy atom. The Labute approximate surface area is 329 Å². The van der Waals surface area contributed by atoms with E-state index in [0.29, 0.717) is 0 Å². The molecule has 3 nitrogen and oxygen atoms in total. The second kappa shape index (κ2) is 12.5. The van der Waals surface area contributed by atoms with E-state index >= 15 is 0 Å². The minimum absolute atomic E-state index is 1.13. The number of hydrogen-bond donors (Lipinski definition) is 0. The predicted molar refractivity (Wildman–Crippen MR) is 240 cm³/mol. The summed E-state index contributed by atoms with van der Waals surface area (Å²) >= 11 is 0. The molecule has 0 saturated heterocycles. The molecule has 0 atom stereocenters. The van der Waals surface area contributed by atoms with E-state index in [1.54, 1.807) is 0 Å². The highest BCUT2D eigenvalue weighted by Crippen LogP contribution is 2.44. The summed E-state index contributed by atoms with van der Waals surface area (Å²) in [6, 6.07) is 77.3. The lowest BCUT2D eigenvalue weighted by Crippen LogP contribution is -2.01. The van der Waals surface area contributed by atoms with E-state index in [-0.39, 0.29) is 0 Å². The lowest BCUT2D eigenvalue weighted by atomic mass is 9.95. The first kappa shape index (κ1) is 31.7. The predicted octanol–water partition coefficient (Wildman–Crippen LogP) is 14.3. The zero-order chi connectivity index (χ0) is 37.5. The van der Waals surface area contributed by atoms with Crippen LogP contribution in [-0.4, -0.2) is 13.7 Å². The molecule has 3 heterocycles. The molecule has 57 heavy (non-hydrogen) atoms. The van der Waals surface area contributed by atoms with Crippen molar-refractivity contribution in [2.24, 2.45) is 0 Å². The maximum atomic E-state index is 2.47. The Balaban J connectivity index is 1.10. The fourth-order valence-corrected chi connectivity index (χ4v) is 9.45. The molecule has 0 aliphatic heterocycles. The fourth-order valence-electron chi connectivity index (χ4n) is 9.45. The van der Waals surface area contributed by atoms with Gasteiger partial charge in [-0.05, 0) is 65.7 Å². The molecule has 0 aliphatic carbocycles. The van der Waals surface area contributed by atoms with Gasteiger partial charge in [-0.3, -0.25) is 0 Å². The van der Waals surface area contributed by atoms with Crippen molar-refractivity contribution >= 4 is 65.4 Å². The molecule has 266 valence electrons. The number of fused-ring (bicyclic) bond motifs is 10. The van der Waals surface area contributed by atoms with E-state index < -0.39 is 0 Å². The van der Waals surface area contributed by atoms with Gasteiger partial charge >= 0.3 is 0 Å². The molecule has 0 N–H and O–H groups in total. The highest BCUT2D eigenvalue weighted by molar-refractivity contribution is 6.26. The van der Waals surface area contributed by atoms with Crippen LogP contribution in [0.15, 0.2) is 212 Å². The van der Waals surface area contributed by atoms with Gasteiger partial charge in [0, 0.05) is 54.8 Å². The van der Waals surface area contributed by atoms with Gasteiger partial charge in [-0.25, -0.2) is 0 Å². The number of hydrogen-bond acceptors (Lipinski definition) is 0. The maximum Gasteiger partial charge on any atom is 0.0641 e. The van der Waals surface area contributed by atoms with Crippen LogP contribution in [0.1, 0.15) is 0 Å². The Hall–Kier alpha value is -7.62. The summed E-state index contributed by atoms with van der Waals surface area (Å²) in [4.78, 5) is 0. The number of rotatable bonds is 5. The molecule has 0 bridgehead atoms. The van der Waals surface area contributed by atoms with Crippen molar-refractivity contribution in [2.75, 3.05) is 0 Å². The second-order valence-electron chi connectivity index (χ2n) is 14.9. The Morgan fingerprint density at radius 1 is 0.246 bits per heavy atom. The van der Waals surface area contributed by atoms with Crippen molar-refractivity contribution in [1.29, 1.82) is 0 Å². The average Bonchev–Trinajstić information content (AvgIpc) is 3.93. The largest absolute Gasteiger partial charge is 0.309 e. The van der Waals surface area contributed by atoms with Gasteiger partial charge in [0.25, 0.3) is 0 Å². The zero-order valence-corrected chi connectivity index (χ0v) is 31.0. The molecule has 0 spiro atoms. The third-order valence-corrected chi connectivity index (χ3v) is 11.8. The van der Waals surface area contributed by atoms with Crippen LogP contribution in [0.2, 0.25) is 0 Å². The zero-order valence-electron chi connectivity index (χ0n) is 31.0. The van der Waals surface area contributed by atoms with E-state index in [2.05, 4.69) is 226 Å². The number of para-hydroxylation sites is 6. The molecular weight excluding hydrogens is 691 g/mol. The van der Waals surface area contributed by atoms with Crippen LogP contribution in [0, 0.1) is 0 Å². The number of aromatic nitrogens is 3. The van der Waals surface area contributed by atoms with Crippen LogP contribution in [0.3, 0.4) is 0 Å². The van der Waals surface area contributed by atoms with Crippen molar-refractivity contribution in [3.05, 3.63) is 212 Å². The van der Waals surface area contributed by atoms with Crippen LogP contribution in [0.25, 0.3) is 105 Å². The first-order chi connectivity index (χ1) is 28.3. The first-order valence-corrected chi connectivity index (χ1v) is 19.6. The van der Waals surface area contributed by atoms with Crippen molar-refractivity contribution < 1.29 is 0 Å². The van der Waals surface area contributed by atoms with Crippen molar-refractivity contribution in [3.63, 3.8) is 0 Å². The Morgan fingerprint density at radius 2 is 0.702 bits per heavy atom. The van der Waals surface area contributed by atoms with Crippen LogP contribution in [0.4, 0.5) is 0 Å². The molecule has 3 aromatic heterocycles. The molecule has 12 aromatic rings. The lowest BCUT2D eigenvalue weighted by molar-refractivity contribution is 1.17. The van der Waals surface area contributed by atoms with Crippen LogP contribution in [-0.2, 0) is 0 Å². The molecule has 0 saturated carbocycles. The monoisotopic (exact) mass is 725 g/mol. The molecule has 12 rings (SSSR count). The first-order valence-electron chi connectivity index (χ1n) is 19.6. The Kier molecular flexibility index (Phi) is 6.93. The van der Waals surface area contributed by atoms with Crippen molar-refractivity contribution in [1.82, 2.24) is 13.7 Å². The molecular formula is C54H35N3. The van der Waals surface area contributed by atoms with Gasteiger partial charge in [-0.1, -0.05) is 158 Å². The van der Waals surface area contributed by atoms with Gasteiger partial charge in [0.05, 0.1) is 38.8 Å². The van der Waals surface area contributed by atoms with Gasteiger partial charge in [0.15, 0.2) is 0 Å². The highest BCUT2D eigenvalue weighted by Gasteiger charge is 2.22. The van der Waals surface area contributed by atoms with Crippen LogP contribution >= 0.6 is 0 Å². The second-order valence-corrected chi connectivity index (χ2v) is 14.9. The summed E-state index contributed by atoms with van der Waals surface area (Å²) < 4.78 is 7.36. The molecule has 3 heteroatoms. The Bertz CT molecular complexity index is 3440. The summed E-state index contributed by atoms with van der Waals surface area (Å²) in [6.07, 6.45) is 0. The molecule has 9 aromatic carbocycles. The van der Waals surface area contributed by atoms with Crippen LogP contribution in [0.5, 0.6) is 0 Å². The molecule has 0 aliphatic rings. The molecule has 0 fully saturated rings. The van der Waals surface area contributed by atoms with Gasteiger partial charge in [0.1, 0.15) is 0 Å². The summed E-state index contributed by atoms with van der Waals surface area (Å²) in [5.41, 5.74) is 15.4. The van der Waals surface area contributed by atoms with Gasteiger partial charge in [0.2, 0.25) is 0 Å². The standard InChI is InChI=1S/C54H35N3/c1-3-16-36(17-4-1)40-24-15-25-41(53(40)57-48-27-12-7-20-42(48)43-21-8-13-28-49(43)57)37-30-32-39(33-31-37)55-50-29-14-10-23-46(50)52-51(55)35-34-45-44-22-9-11-26-47(44)56(54(45)52)38-18-5-2-6-19-38/h1-35H. The van der Waals surface area contributed by atoms with E-state index in [1.807, 2.05) is 0 Å². The molecule has 0 radical (unpaired) electrons. The normalized spacial score (nSPS) is 11.9. The van der Waals surface area contributed by atoms with Gasteiger partial charge in [-0.15, -0.1) is 0 Å². The average molecular weight is 726 g/mol. The quantitative estimate of drug-likeness (QED) is 0.168. The van der Waals surface area contributed by atoms with Crippen molar-refractivity contribution in [3.8, 4) is 39.3 Å². The van der Waals surface area contributed by atoms with E-state index in [1.165, 1.54) is 93.4 Å². The minimum Gasteiger partial charge on any atom is -0.309 e. The summed E-state index contributed by atoms with van der Waals surface area (Å²) in [5, 5.41) is 7.53. The summed E-state index contributed by atoms with van der Waals surface area (Å²) in [6.45, 7) is 0. The molecule has 0 amide bonds. The minimum atomic E-state index is 1.13. The van der Waals surface area contributed by atoms with Gasteiger partial charge in [-0.2, -0.15) is 0 Å². The maximum absolute atomic E-state index is 2.47. The van der Waals surface area contributed by atoms with E-state index in [0.717, 1.165) is 11.4 Å². The summed E-state index contributed by atoms with van der Waals surface area (Å²) in [7, 11) is 0. The molecule has 0 unspecified atom stereocenters. The topological polar surface area (TPSA) is 14.8 Å². The highest BCUT2D eigenvalue weighted by atomic mass is 15.0. The van der Waals surface area contributed by atoms with Crippen molar-refractivity contribution in [2.45, 2.75) is 0 Å². The fraction of sp³-hybridized carbons (Fsp3) is 0. The van der Waals surface area contributed by atoms with E-state index in [9.17, 15) is 0 Å². The lowest BCUT2D eigenvalue weighted by Gasteiger charge is -2.19. The third-order valence-electron chi connectivity index (χ3n) is 11.8. The van der Waals surface area contributed by atoms with Crippen LogP contribution < -0.4 is 0 Å². The third kappa shape index (κ3) is 4.66. The van der Waals surface area contributed by atoms with Gasteiger partial charge < -0.3 is 13.7 Å². The SMILES string of the molecule is c1ccc(-c2cccc(-c3ccc(-n4c5ccccc5c5c4ccc4c6ccccc6n(-c6ccccc6)c45)cc3)c2-n2c3ccccc3c3ccccc32)cc1. The summed E-state index contributed by atoms with van der Waals surface area (Å²) in [5.74, 6) is 0. The number of benzene rings is 9.